The smallest absolute Gasteiger partial charge is 0.810 e. The van der Waals surface area contributed by atoms with Gasteiger partial charge in [0.1, 0.15) is 24.7 Å². The average Bonchev–Trinajstić information content (AvgIpc) is 3.03. The summed E-state index contributed by atoms with van der Waals surface area (Å²) in [6.45, 7) is 2.39. The average molecular weight is 849 g/mol. The Labute approximate surface area is 344 Å². The molecular weight excluding hydrogens is 796 g/mol. The Kier molecular flexibility index (Phi) is 27.5. The minimum Gasteiger partial charge on any atom is -0.810 e. The van der Waals surface area contributed by atoms with Crippen LogP contribution in [0.25, 0.3) is 0 Å². The van der Waals surface area contributed by atoms with Crippen molar-refractivity contribution in [1.82, 2.24) is 0 Å². The number of rotatable bonds is 26. The Morgan fingerprint density at radius 3 is 0.925 bits per heavy atom. The summed E-state index contributed by atoms with van der Waals surface area (Å²) >= 11 is 0. The van der Waals surface area contributed by atoms with Crippen LogP contribution < -0.4 is 48.6 Å². The van der Waals surface area contributed by atoms with Gasteiger partial charge < -0.3 is 66.9 Å². The quantitative estimate of drug-likeness (QED) is 0.0748. The van der Waals surface area contributed by atoms with Gasteiger partial charge in [-0.2, -0.15) is 0 Å². The van der Waals surface area contributed by atoms with Crippen molar-refractivity contribution in [3.8, 4) is 11.5 Å². The number of benzene rings is 2. The second-order valence-corrected chi connectivity index (χ2v) is 20.4. The molecule has 300 valence electrons. The Morgan fingerprint density at radius 2 is 0.679 bits per heavy atom. The molecule has 0 fully saturated rings. The van der Waals surface area contributed by atoms with Gasteiger partial charge >= 0.3 is 37.7 Å². The molecule has 0 radical (unpaired) electrons. The third-order valence-electron chi connectivity index (χ3n) is 8.24. The van der Waals surface area contributed by atoms with Crippen molar-refractivity contribution in [2.45, 2.75) is 127 Å². The Hall–Kier alpha value is -0.100. The first-order chi connectivity index (χ1) is 24.3. The number of ether oxygens (including phenoxy) is 2. The van der Waals surface area contributed by atoms with Crippen molar-refractivity contribution in [1.29, 1.82) is 0 Å². The van der Waals surface area contributed by atoms with Gasteiger partial charge in [0.25, 0.3) is 0 Å². The van der Waals surface area contributed by atoms with Gasteiger partial charge in [-0.25, -0.2) is 0 Å². The van der Waals surface area contributed by atoms with Crippen molar-refractivity contribution in [3.05, 3.63) is 59.7 Å². The van der Waals surface area contributed by atoms with Crippen LogP contribution >= 0.6 is 30.4 Å². The number of hydrogen-bond donors (Lipinski definition) is 0. The fourth-order valence-corrected chi connectivity index (χ4v) is 8.93. The number of hydrogen-bond acceptors (Lipinski definition) is 14. The second-order valence-electron chi connectivity index (χ2n) is 12.8. The van der Waals surface area contributed by atoms with E-state index in [4.69, 9.17) is 9.47 Å². The number of aryl methyl sites for hydroxylation is 2. The van der Waals surface area contributed by atoms with Gasteiger partial charge in [-0.15, -0.1) is 0 Å². The molecule has 0 atom stereocenters. The third-order valence-corrected chi connectivity index (χ3v) is 15.2. The Balaban J connectivity index is 0.00000100. The van der Waals surface area contributed by atoms with E-state index in [-0.39, 0.29) is 49.2 Å². The predicted octanol–water partition coefficient (Wildman–Crippen LogP) is 2.64. The maximum Gasteiger partial charge on any atom is 2.00 e. The van der Waals surface area contributed by atoms with E-state index in [2.05, 4.69) is 13.8 Å². The Bertz CT molecular complexity index is 1280. The molecule has 0 unspecified atom stereocenters. The van der Waals surface area contributed by atoms with Crippen LogP contribution in [0.15, 0.2) is 48.5 Å². The number of unbranched alkanes of at least 4 members (excludes halogenated alkanes) is 12. The maximum absolute atomic E-state index is 10.9. The fourth-order valence-electron chi connectivity index (χ4n) is 5.13. The molecule has 0 spiro atoms. The van der Waals surface area contributed by atoms with Crippen LogP contribution in [0, 0.1) is 0 Å². The normalized spacial score (nSPS) is 12.3. The van der Waals surface area contributed by atoms with E-state index < -0.39 is 54.4 Å². The van der Waals surface area contributed by atoms with Gasteiger partial charge in [0.2, 0.25) is 0 Å². The van der Waals surface area contributed by atoms with Crippen molar-refractivity contribution in [2.24, 2.45) is 0 Å². The predicted molar refractivity (Wildman–Crippen MR) is 191 cm³/mol. The van der Waals surface area contributed by atoms with Crippen molar-refractivity contribution >= 4 is 68.1 Å². The van der Waals surface area contributed by atoms with E-state index >= 15 is 0 Å². The molecule has 0 bridgehead atoms. The van der Waals surface area contributed by atoms with Crippen molar-refractivity contribution < 1.29 is 66.9 Å². The molecule has 0 saturated heterocycles. The minimum atomic E-state index is -5.59. The zero-order valence-corrected chi connectivity index (χ0v) is 36.5. The third kappa shape index (κ3) is 25.0. The fraction of sp³-hybridized carbons (Fsp3) is 0.647. The van der Waals surface area contributed by atoms with E-state index in [0.717, 1.165) is 49.7 Å². The van der Waals surface area contributed by atoms with E-state index in [9.17, 15) is 57.4 Å². The van der Waals surface area contributed by atoms with Gasteiger partial charge in [-0.1, -0.05) is 146 Å². The topological polar surface area (TPSA) is 271 Å². The summed E-state index contributed by atoms with van der Waals surface area (Å²) in [5.74, 6) is 0.417. The largest absolute Gasteiger partial charge is 2.00 e. The zero-order valence-electron chi connectivity index (χ0n) is 30.7. The first-order valence-electron chi connectivity index (χ1n) is 17.8. The van der Waals surface area contributed by atoms with Crippen LogP contribution in [0.4, 0.5) is 0 Å². The van der Waals surface area contributed by atoms with Crippen LogP contribution in [-0.2, 0) is 31.1 Å². The maximum atomic E-state index is 10.9. The summed E-state index contributed by atoms with van der Waals surface area (Å²) in [7, 11) is -22.3. The van der Waals surface area contributed by atoms with Crippen LogP contribution in [0.3, 0.4) is 0 Å². The molecular formula is C34H52CaO14P4-6. The molecule has 0 N–H and O–H groups in total. The molecule has 0 aliphatic carbocycles. The molecule has 0 saturated carbocycles. The molecule has 0 aliphatic heterocycles. The van der Waals surface area contributed by atoms with Gasteiger partial charge in [-0.05, 0) is 61.1 Å². The van der Waals surface area contributed by atoms with Gasteiger partial charge in [0, 0.05) is 10.8 Å². The molecule has 0 heterocycles. The Morgan fingerprint density at radius 1 is 0.434 bits per heavy atom. The van der Waals surface area contributed by atoms with Crippen LogP contribution in [-0.4, -0.2) is 61.8 Å². The van der Waals surface area contributed by atoms with Crippen molar-refractivity contribution in [3.63, 3.8) is 0 Å². The van der Waals surface area contributed by atoms with Crippen molar-refractivity contribution in [2.75, 3.05) is 13.2 Å². The summed E-state index contributed by atoms with van der Waals surface area (Å²) in [6, 6.07) is 13.4. The van der Waals surface area contributed by atoms with Crippen LogP contribution in [0.1, 0.15) is 115 Å². The molecule has 53 heavy (non-hydrogen) atoms. The summed E-state index contributed by atoms with van der Waals surface area (Å²) < 4.78 is 53.6. The van der Waals surface area contributed by atoms with Gasteiger partial charge in [0.05, 0.1) is 0 Å². The van der Waals surface area contributed by atoms with E-state index in [1.807, 2.05) is 0 Å². The molecule has 2 rings (SSSR count). The molecule has 2 aromatic rings. The molecule has 0 amide bonds. The SMILES string of the molecule is CCCCCCCCCc1ccc(OCC(P(=O)([O-])[O-])P(=O)([O-])[O-])cc1.CCCCCCCCCc1ccc(OCC(P(=O)([O-])[O-])P(=O)([O-])[O-])cc1.[Ca+2]. The molecule has 14 nitrogen and oxygen atoms in total. The first-order valence-corrected chi connectivity index (χ1v) is 24.2. The van der Waals surface area contributed by atoms with E-state index in [0.29, 0.717) is 0 Å². The minimum absolute atomic E-state index is 0. The second kappa shape index (κ2) is 27.5. The zero-order chi connectivity index (χ0) is 39.3. The van der Waals surface area contributed by atoms with Crippen LogP contribution in [0.5, 0.6) is 11.5 Å². The summed E-state index contributed by atoms with van der Waals surface area (Å²) in [6.07, 6.45) is 18.8. The van der Waals surface area contributed by atoms with E-state index in [1.54, 1.807) is 48.5 Å². The van der Waals surface area contributed by atoms with E-state index in [1.165, 1.54) is 64.2 Å². The standard InChI is InChI=1S/2C17H30O7P2.Ca/c2*1-2-3-4-5-6-7-8-9-15-10-12-16(13-11-15)24-14-17(25(18,19)20)26(21,22)23;/h2*10-13,17H,2-9,14H2,1H3,(H2,18,19,20)(H2,21,22,23);/q;;+2/p-8. The molecule has 19 heteroatoms. The molecule has 0 aliphatic rings. The van der Waals surface area contributed by atoms with Gasteiger partial charge in [-0.3, -0.25) is 0 Å². The summed E-state index contributed by atoms with van der Waals surface area (Å²) in [5, 5.41) is -5.19. The molecule has 0 aromatic heterocycles. The van der Waals surface area contributed by atoms with Gasteiger partial charge in [0.15, 0.2) is 0 Å². The molecule has 2 aromatic carbocycles. The summed E-state index contributed by atoms with van der Waals surface area (Å²) in [5.41, 5.74) is 2.17. The van der Waals surface area contributed by atoms with Crippen LogP contribution in [0.2, 0.25) is 0 Å². The summed E-state index contributed by atoms with van der Waals surface area (Å²) in [4.78, 5) is 87.2. The first kappa shape index (κ1) is 52.9. The monoisotopic (exact) mass is 848 g/mol.